The first-order chi connectivity index (χ1) is 12.4. The van der Waals surface area contributed by atoms with Crippen LogP contribution in [0, 0.1) is 13.8 Å². The molecule has 0 spiro atoms. The molecule has 6 heteroatoms. The van der Waals surface area contributed by atoms with Gasteiger partial charge in [-0.05, 0) is 55.7 Å². The zero-order chi connectivity index (χ0) is 18.7. The number of carbonyl (C=O) groups is 1. The lowest BCUT2D eigenvalue weighted by molar-refractivity contribution is -0.116. The first kappa shape index (κ1) is 18.3. The molecule has 0 aliphatic carbocycles. The molecule has 1 aliphatic rings. The van der Waals surface area contributed by atoms with E-state index in [1.54, 1.807) is 12.1 Å². The average Bonchev–Trinajstić information content (AvgIpc) is 2.85. The number of nitrogens with one attached hydrogen (secondary N) is 1. The fourth-order valence-electron chi connectivity index (χ4n) is 2.99. The van der Waals surface area contributed by atoms with Gasteiger partial charge in [0.2, 0.25) is 5.91 Å². The van der Waals surface area contributed by atoms with E-state index in [1.807, 2.05) is 43.8 Å². The highest BCUT2D eigenvalue weighted by atomic mass is 35.5. The van der Waals surface area contributed by atoms with E-state index in [2.05, 4.69) is 10.4 Å². The Kier molecular flexibility index (Phi) is 5.47. The summed E-state index contributed by atoms with van der Waals surface area (Å²) in [5, 5.41) is 7.96. The molecular weight excluding hydrogens is 350 g/mol. The van der Waals surface area contributed by atoms with Gasteiger partial charge < -0.3 is 10.1 Å². The molecule has 26 heavy (non-hydrogen) atoms. The van der Waals surface area contributed by atoms with Crippen molar-refractivity contribution in [2.24, 2.45) is 7.05 Å². The number of ether oxygens (including phenoxy) is 1. The minimum Gasteiger partial charge on any atom is -0.488 e. The highest BCUT2D eigenvalue weighted by Crippen LogP contribution is 2.29. The van der Waals surface area contributed by atoms with Gasteiger partial charge in [-0.25, -0.2) is 0 Å². The molecule has 1 amide bonds. The van der Waals surface area contributed by atoms with Crippen molar-refractivity contribution in [3.05, 3.63) is 63.5 Å². The number of aryl methyl sites for hydroxylation is 2. The Hall–Kier alpha value is -2.53. The Morgan fingerprint density at radius 2 is 2.23 bits per heavy atom. The number of hydrogen-bond acceptors (Lipinski definition) is 3. The molecular formula is C20H22ClN3O2. The normalized spacial score (nSPS) is 13.3. The maximum atomic E-state index is 12.0. The molecule has 2 heterocycles. The smallest absolute Gasteiger partial charge is 0.244 e. The topological polar surface area (TPSA) is 56.2 Å². The van der Waals surface area contributed by atoms with Crippen molar-refractivity contribution >= 4 is 23.6 Å². The Balaban J connectivity index is 1.55. The molecule has 0 radical (unpaired) electrons. The summed E-state index contributed by atoms with van der Waals surface area (Å²) in [7, 11) is 1.93. The highest BCUT2D eigenvalue weighted by Gasteiger charge is 2.11. The molecule has 0 bridgehead atoms. The molecule has 1 aliphatic heterocycles. The summed E-state index contributed by atoms with van der Waals surface area (Å²) in [4.78, 5) is 12.0. The minimum atomic E-state index is -0.123. The van der Waals surface area contributed by atoms with E-state index in [1.165, 1.54) is 11.6 Å². The molecule has 0 saturated heterocycles. The third-order valence-electron chi connectivity index (χ3n) is 4.49. The Labute approximate surface area is 158 Å². The fourth-order valence-corrected chi connectivity index (χ4v) is 3.17. The fraction of sp³-hybridized carbons (Fsp3) is 0.300. The number of nitrogens with zero attached hydrogens (tertiary/aromatic N) is 2. The van der Waals surface area contributed by atoms with E-state index in [4.69, 9.17) is 16.3 Å². The molecule has 1 aromatic carbocycles. The second kappa shape index (κ2) is 7.79. The summed E-state index contributed by atoms with van der Waals surface area (Å²) in [5.41, 5.74) is 5.18. The van der Waals surface area contributed by atoms with Gasteiger partial charge in [0.05, 0.1) is 5.69 Å². The van der Waals surface area contributed by atoms with Crippen LogP contribution in [0.5, 0.6) is 5.75 Å². The van der Waals surface area contributed by atoms with Crippen LogP contribution in [0.1, 0.15) is 22.5 Å². The number of benzene rings is 1. The second-order valence-electron chi connectivity index (χ2n) is 6.34. The Morgan fingerprint density at radius 3 is 2.96 bits per heavy atom. The van der Waals surface area contributed by atoms with Crippen molar-refractivity contribution in [2.45, 2.75) is 20.3 Å². The molecule has 0 fully saturated rings. The lowest BCUT2D eigenvalue weighted by Gasteiger charge is -2.16. The molecule has 0 atom stereocenters. The van der Waals surface area contributed by atoms with Gasteiger partial charge in [-0.1, -0.05) is 17.7 Å². The van der Waals surface area contributed by atoms with Crippen LogP contribution in [0.4, 0.5) is 0 Å². The molecule has 3 rings (SSSR count). The van der Waals surface area contributed by atoms with Crippen LogP contribution in [0.2, 0.25) is 5.02 Å². The van der Waals surface area contributed by atoms with Crippen LogP contribution in [0.15, 0.2) is 35.9 Å². The summed E-state index contributed by atoms with van der Waals surface area (Å²) in [6.07, 6.45) is 6.06. The van der Waals surface area contributed by atoms with Crippen LogP contribution < -0.4 is 10.1 Å². The third kappa shape index (κ3) is 4.17. The van der Waals surface area contributed by atoms with Gasteiger partial charge in [-0.3, -0.25) is 9.48 Å². The summed E-state index contributed by atoms with van der Waals surface area (Å²) >= 11 is 6.01. The van der Waals surface area contributed by atoms with Crippen LogP contribution in [-0.4, -0.2) is 28.8 Å². The van der Waals surface area contributed by atoms with E-state index in [9.17, 15) is 4.79 Å². The van der Waals surface area contributed by atoms with Crippen LogP contribution >= 0.6 is 11.6 Å². The van der Waals surface area contributed by atoms with E-state index in [-0.39, 0.29) is 5.91 Å². The number of halogens is 1. The summed E-state index contributed by atoms with van der Waals surface area (Å²) in [6, 6.07) is 5.50. The molecule has 0 unspecified atom stereocenters. The van der Waals surface area contributed by atoms with E-state index in [0.29, 0.717) is 18.2 Å². The van der Waals surface area contributed by atoms with Crippen molar-refractivity contribution in [3.8, 4) is 5.75 Å². The van der Waals surface area contributed by atoms with Gasteiger partial charge >= 0.3 is 0 Å². The molecule has 0 saturated carbocycles. The largest absolute Gasteiger partial charge is 0.488 e. The maximum absolute atomic E-state index is 12.0. The molecule has 2 aromatic rings. The SMILES string of the molecule is Cc1nn(C)c(C)c1CCNC(=O)C=CC1=Cc2cc(Cl)ccc2OC1. The van der Waals surface area contributed by atoms with E-state index < -0.39 is 0 Å². The number of amides is 1. The quantitative estimate of drug-likeness (QED) is 0.820. The van der Waals surface area contributed by atoms with Gasteiger partial charge in [0.15, 0.2) is 0 Å². The standard InChI is InChI=1S/C20H22ClN3O2/c1-13-18(14(2)24(3)23-13)8-9-22-20(25)7-4-15-10-16-11-17(21)5-6-19(16)26-12-15/h4-7,10-11H,8-9,12H2,1-3H3,(H,22,25). The molecule has 5 nitrogen and oxygen atoms in total. The summed E-state index contributed by atoms with van der Waals surface area (Å²) in [5.74, 6) is 0.681. The zero-order valence-corrected chi connectivity index (χ0v) is 15.9. The minimum absolute atomic E-state index is 0.123. The van der Waals surface area contributed by atoms with Crippen molar-refractivity contribution < 1.29 is 9.53 Å². The first-order valence-electron chi connectivity index (χ1n) is 8.52. The summed E-state index contributed by atoms with van der Waals surface area (Å²) in [6.45, 7) is 5.04. The highest BCUT2D eigenvalue weighted by molar-refractivity contribution is 6.30. The number of carbonyl (C=O) groups excluding carboxylic acids is 1. The first-order valence-corrected chi connectivity index (χ1v) is 8.90. The third-order valence-corrected chi connectivity index (χ3v) is 4.72. The Bertz CT molecular complexity index is 897. The predicted molar refractivity (Wildman–Crippen MR) is 103 cm³/mol. The van der Waals surface area contributed by atoms with Gasteiger partial charge in [0.25, 0.3) is 0 Å². The average molecular weight is 372 g/mol. The van der Waals surface area contributed by atoms with Crippen LogP contribution in [0.25, 0.3) is 6.08 Å². The number of fused-ring (bicyclic) bond motifs is 1. The van der Waals surface area contributed by atoms with Crippen LogP contribution in [-0.2, 0) is 18.3 Å². The molecule has 1 N–H and O–H groups in total. The van der Waals surface area contributed by atoms with Crippen molar-refractivity contribution in [2.75, 3.05) is 13.2 Å². The van der Waals surface area contributed by atoms with Crippen LogP contribution in [0.3, 0.4) is 0 Å². The Morgan fingerprint density at radius 1 is 1.42 bits per heavy atom. The maximum Gasteiger partial charge on any atom is 0.244 e. The second-order valence-corrected chi connectivity index (χ2v) is 6.77. The monoisotopic (exact) mass is 371 g/mol. The lowest BCUT2D eigenvalue weighted by Crippen LogP contribution is -2.24. The zero-order valence-electron chi connectivity index (χ0n) is 15.2. The lowest BCUT2D eigenvalue weighted by atomic mass is 10.1. The molecule has 1 aromatic heterocycles. The van der Waals surface area contributed by atoms with Crippen molar-refractivity contribution in [3.63, 3.8) is 0 Å². The predicted octanol–water partition coefficient (Wildman–Crippen LogP) is 3.38. The number of hydrogen-bond donors (Lipinski definition) is 1. The van der Waals surface area contributed by atoms with Crippen molar-refractivity contribution in [1.29, 1.82) is 0 Å². The van der Waals surface area contributed by atoms with E-state index >= 15 is 0 Å². The van der Waals surface area contributed by atoms with Gasteiger partial charge in [0.1, 0.15) is 12.4 Å². The molecule has 136 valence electrons. The van der Waals surface area contributed by atoms with Gasteiger partial charge in [-0.2, -0.15) is 5.10 Å². The summed E-state index contributed by atoms with van der Waals surface area (Å²) < 4.78 is 7.54. The van der Waals surface area contributed by atoms with Gasteiger partial charge in [0, 0.05) is 35.9 Å². The van der Waals surface area contributed by atoms with Crippen molar-refractivity contribution in [1.82, 2.24) is 15.1 Å². The number of rotatable bonds is 5. The van der Waals surface area contributed by atoms with Gasteiger partial charge in [-0.15, -0.1) is 0 Å². The number of aromatic nitrogens is 2. The van der Waals surface area contributed by atoms with E-state index in [0.717, 1.165) is 34.7 Å².